The van der Waals surface area contributed by atoms with Gasteiger partial charge in [0, 0.05) is 16.6 Å². The lowest BCUT2D eigenvalue weighted by molar-refractivity contribution is 0.603. The van der Waals surface area contributed by atoms with E-state index in [2.05, 4.69) is 44.0 Å². The molecule has 2 aliphatic rings. The molecule has 0 N–H and O–H groups in total. The molecule has 0 unspecified atom stereocenters. The Hall–Kier alpha value is -0.890. The van der Waals surface area contributed by atoms with Crippen LogP contribution in [0.25, 0.3) is 10.6 Å². The van der Waals surface area contributed by atoms with Crippen molar-refractivity contribution >= 4 is 11.3 Å². The molecule has 0 aliphatic carbocycles. The van der Waals surface area contributed by atoms with Crippen LogP contribution < -0.4 is 0 Å². The van der Waals surface area contributed by atoms with Gasteiger partial charge in [-0.1, -0.05) is 26.8 Å². The Balaban J connectivity index is 2.56. The lowest BCUT2D eigenvalue weighted by atomic mass is 9.94. The smallest absolute Gasteiger partial charge is 0.123 e. The van der Waals surface area contributed by atoms with Gasteiger partial charge < -0.3 is 0 Å². The van der Waals surface area contributed by atoms with E-state index in [1.165, 1.54) is 10.4 Å². The zero-order valence-corrected chi connectivity index (χ0v) is 8.98. The Kier molecular flexibility index (Phi) is 1.88. The van der Waals surface area contributed by atoms with E-state index in [4.69, 9.17) is 0 Å². The summed E-state index contributed by atoms with van der Waals surface area (Å²) in [7, 11) is 0. The van der Waals surface area contributed by atoms with Crippen LogP contribution in [0.4, 0.5) is 0 Å². The van der Waals surface area contributed by atoms with Crippen LogP contribution in [-0.2, 0) is 5.41 Å². The van der Waals surface area contributed by atoms with E-state index >= 15 is 0 Å². The van der Waals surface area contributed by atoms with Crippen LogP contribution in [0.5, 0.6) is 0 Å². The maximum absolute atomic E-state index is 4.31. The van der Waals surface area contributed by atoms with E-state index in [1.54, 1.807) is 11.3 Å². The summed E-state index contributed by atoms with van der Waals surface area (Å²) < 4.78 is 0. The summed E-state index contributed by atoms with van der Waals surface area (Å²) in [4.78, 5) is 5.70. The molecule has 0 amide bonds. The number of rotatable bonds is 0. The molecule has 0 radical (unpaired) electrons. The summed E-state index contributed by atoms with van der Waals surface area (Å²) in [5.41, 5.74) is 1.48. The summed E-state index contributed by atoms with van der Waals surface area (Å²) >= 11 is 1.79. The molecule has 2 rings (SSSR count). The second kappa shape index (κ2) is 2.81. The SMILES string of the molecule is CC(C)(C)c1ccc2ccnc-2s1. The van der Waals surface area contributed by atoms with Gasteiger partial charge in [-0.2, -0.15) is 0 Å². The van der Waals surface area contributed by atoms with Crippen molar-refractivity contribution in [3.05, 3.63) is 29.3 Å². The fourth-order valence-corrected chi connectivity index (χ4v) is 2.27. The van der Waals surface area contributed by atoms with Gasteiger partial charge in [-0.25, -0.2) is 4.98 Å². The first kappa shape index (κ1) is 8.70. The van der Waals surface area contributed by atoms with Crippen molar-refractivity contribution in [3.8, 4) is 10.6 Å². The molecule has 2 aliphatic heterocycles. The second-order valence-electron chi connectivity index (χ2n) is 4.25. The largest absolute Gasteiger partial charge is 0.245 e. The lowest BCUT2D eigenvalue weighted by Gasteiger charge is -2.18. The van der Waals surface area contributed by atoms with E-state index in [0.29, 0.717) is 0 Å². The number of hydrogen-bond acceptors (Lipinski definition) is 2. The standard InChI is InChI=1S/C11H13NS/c1-11(2,3)9-5-4-8-6-7-12-10(8)13-9/h4-7H,1-3H3. The molecule has 2 heteroatoms. The molecule has 0 spiro atoms. The van der Waals surface area contributed by atoms with E-state index in [-0.39, 0.29) is 5.41 Å². The van der Waals surface area contributed by atoms with Crippen molar-refractivity contribution in [2.75, 3.05) is 0 Å². The van der Waals surface area contributed by atoms with Crippen molar-refractivity contribution in [1.29, 1.82) is 0 Å². The first-order valence-electron chi connectivity index (χ1n) is 4.42. The molecule has 13 heavy (non-hydrogen) atoms. The van der Waals surface area contributed by atoms with Crippen molar-refractivity contribution in [3.63, 3.8) is 0 Å². The van der Waals surface area contributed by atoms with Gasteiger partial charge >= 0.3 is 0 Å². The summed E-state index contributed by atoms with van der Waals surface area (Å²) in [6.07, 6.45) is 1.87. The van der Waals surface area contributed by atoms with Crippen LogP contribution in [0.1, 0.15) is 25.6 Å². The fourth-order valence-electron chi connectivity index (χ4n) is 1.25. The maximum Gasteiger partial charge on any atom is 0.123 e. The van der Waals surface area contributed by atoms with Crippen LogP contribution >= 0.6 is 11.3 Å². The van der Waals surface area contributed by atoms with Crippen LogP contribution in [0.2, 0.25) is 0 Å². The third-order valence-corrected chi connectivity index (χ3v) is 3.56. The van der Waals surface area contributed by atoms with Crippen molar-refractivity contribution in [2.45, 2.75) is 26.2 Å². The first-order chi connectivity index (χ1) is 6.07. The van der Waals surface area contributed by atoms with Crippen molar-refractivity contribution < 1.29 is 0 Å². The Morgan fingerprint density at radius 2 is 1.92 bits per heavy atom. The highest BCUT2D eigenvalue weighted by Crippen LogP contribution is 2.33. The molecular formula is C11H13NS. The molecule has 0 saturated heterocycles. The highest BCUT2D eigenvalue weighted by Gasteiger charge is 2.16. The summed E-state index contributed by atoms with van der Waals surface area (Å²) in [6.45, 7) is 6.69. The first-order valence-corrected chi connectivity index (χ1v) is 5.24. The van der Waals surface area contributed by atoms with Gasteiger partial charge in [0.05, 0.1) is 0 Å². The average molecular weight is 191 g/mol. The molecule has 0 aromatic rings. The molecule has 68 valence electrons. The van der Waals surface area contributed by atoms with Gasteiger partial charge in [0.15, 0.2) is 0 Å². The zero-order chi connectivity index (χ0) is 9.47. The Bertz CT molecular complexity index is 384. The predicted molar refractivity (Wildman–Crippen MR) is 57.4 cm³/mol. The minimum atomic E-state index is 0.234. The highest BCUT2D eigenvalue weighted by molar-refractivity contribution is 7.15. The van der Waals surface area contributed by atoms with Crippen LogP contribution in [0, 0.1) is 0 Å². The molecule has 0 bridgehead atoms. The van der Waals surface area contributed by atoms with E-state index in [0.717, 1.165) is 5.01 Å². The fraction of sp³-hybridized carbons (Fsp3) is 0.364. The Morgan fingerprint density at radius 3 is 2.62 bits per heavy atom. The third-order valence-electron chi connectivity index (χ3n) is 2.05. The monoisotopic (exact) mass is 191 g/mol. The molecule has 1 nitrogen and oxygen atoms in total. The van der Waals surface area contributed by atoms with Crippen LogP contribution in [-0.4, -0.2) is 4.98 Å². The highest BCUT2D eigenvalue weighted by atomic mass is 32.1. The van der Waals surface area contributed by atoms with E-state index in [9.17, 15) is 0 Å². The molecule has 2 heterocycles. The van der Waals surface area contributed by atoms with Gasteiger partial charge in [-0.3, -0.25) is 0 Å². The lowest BCUT2D eigenvalue weighted by Crippen LogP contribution is -2.09. The van der Waals surface area contributed by atoms with Gasteiger partial charge in [0.2, 0.25) is 0 Å². The van der Waals surface area contributed by atoms with Gasteiger partial charge in [-0.05, 0) is 17.5 Å². The third kappa shape index (κ3) is 1.59. The summed E-state index contributed by atoms with van der Waals surface area (Å²) in [6, 6.07) is 6.41. The topological polar surface area (TPSA) is 12.9 Å². The molecule has 0 aromatic carbocycles. The van der Waals surface area contributed by atoms with Crippen molar-refractivity contribution in [2.24, 2.45) is 0 Å². The molecular weight excluding hydrogens is 178 g/mol. The number of nitrogens with zero attached hydrogens (tertiary/aromatic N) is 1. The van der Waals surface area contributed by atoms with Gasteiger partial charge in [0.25, 0.3) is 0 Å². The number of aromatic nitrogens is 1. The number of fused-ring (bicyclic) bond motifs is 1. The van der Waals surface area contributed by atoms with Crippen LogP contribution in [0.3, 0.4) is 0 Å². The van der Waals surface area contributed by atoms with E-state index in [1.807, 2.05) is 6.20 Å². The molecule has 0 atom stereocenters. The quantitative estimate of drug-likeness (QED) is 0.620. The minimum Gasteiger partial charge on any atom is -0.245 e. The normalized spacial score (nSPS) is 12.2. The minimum absolute atomic E-state index is 0.234. The van der Waals surface area contributed by atoms with Gasteiger partial charge in [-0.15, -0.1) is 11.3 Å². The Labute approximate surface area is 82.8 Å². The van der Waals surface area contributed by atoms with Gasteiger partial charge in [0.1, 0.15) is 5.01 Å². The predicted octanol–water partition coefficient (Wildman–Crippen LogP) is 3.55. The average Bonchev–Trinajstić information content (AvgIpc) is 2.47. The second-order valence-corrected chi connectivity index (χ2v) is 5.29. The van der Waals surface area contributed by atoms with E-state index < -0.39 is 0 Å². The molecule has 0 fully saturated rings. The molecule has 0 saturated carbocycles. The van der Waals surface area contributed by atoms with Crippen LogP contribution in [0.15, 0.2) is 24.4 Å². The maximum atomic E-state index is 4.31. The number of hydrogen-bond donors (Lipinski definition) is 0. The molecule has 0 aromatic heterocycles. The zero-order valence-electron chi connectivity index (χ0n) is 8.16. The Morgan fingerprint density at radius 1 is 1.15 bits per heavy atom. The summed E-state index contributed by atoms with van der Waals surface area (Å²) in [5, 5.41) is 1.15. The summed E-state index contributed by atoms with van der Waals surface area (Å²) in [5.74, 6) is 0. The van der Waals surface area contributed by atoms with Crippen molar-refractivity contribution in [1.82, 2.24) is 4.98 Å².